The minimum absolute atomic E-state index is 0.0241. The summed E-state index contributed by atoms with van der Waals surface area (Å²) in [5.41, 5.74) is 7.40. The van der Waals surface area contributed by atoms with E-state index in [4.69, 9.17) is 0 Å². The monoisotopic (exact) mass is 306 g/mol. The van der Waals surface area contributed by atoms with Gasteiger partial charge in [-0.3, -0.25) is 4.79 Å². The fourth-order valence-corrected chi connectivity index (χ4v) is 2.87. The Morgan fingerprint density at radius 2 is 1.61 bits per heavy atom. The lowest BCUT2D eigenvalue weighted by Crippen LogP contribution is -2.16. The van der Waals surface area contributed by atoms with Gasteiger partial charge >= 0.3 is 0 Å². The Kier molecular flexibility index (Phi) is 3.95. The van der Waals surface area contributed by atoms with Crippen LogP contribution < -0.4 is 10.9 Å². The third-order valence-electron chi connectivity index (χ3n) is 4.38. The van der Waals surface area contributed by atoms with Crippen molar-refractivity contribution in [1.29, 1.82) is 0 Å². The molecule has 0 aliphatic rings. The molecule has 1 aromatic heterocycles. The quantitative estimate of drug-likeness (QED) is 0.754. The summed E-state index contributed by atoms with van der Waals surface area (Å²) in [6, 6.07) is 12.4. The van der Waals surface area contributed by atoms with Crippen molar-refractivity contribution in [1.82, 2.24) is 4.98 Å². The van der Waals surface area contributed by atoms with E-state index < -0.39 is 0 Å². The molecular weight excluding hydrogens is 284 g/mol. The van der Waals surface area contributed by atoms with E-state index in [0.717, 1.165) is 27.7 Å². The Bertz CT molecular complexity index is 938. The third kappa shape index (κ3) is 3.00. The molecule has 0 atom stereocenters. The molecule has 0 amide bonds. The molecule has 0 aliphatic carbocycles. The van der Waals surface area contributed by atoms with E-state index in [9.17, 15) is 4.79 Å². The Labute approximate surface area is 136 Å². The maximum absolute atomic E-state index is 12.4. The zero-order valence-electron chi connectivity index (χ0n) is 14.1. The first-order chi connectivity index (χ1) is 11.0. The van der Waals surface area contributed by atoms with E-state index in [0.29, 0.717) is 6.54 Å². The fraction of sp³-hybridized carbons (Fsp3) is 0.250. The molecule has 3 rings (SSSR count). The van der Waals surface area contributed by atoms with Crippen LogP contribution >= 0.6 is 0 Å². The summed E-state index contributed by atoms with van der Waals surface area (Å²) in [5, 5.41) is 4.50. The van der Waals surface area contributed by atoms with Crippen molar-refractivity contribution in [3.8, 4) is 0 Å². The molecule has 0 unspecified atom stereocenters. The van der Waals surface area contributed by atoms with Crippen LogP contribution in [0, 0.1) is 27.7 Å². The second kappa shape index (κ2) is 5.92. The largest absolute Gasteiger partial charge is 0.381 e. The molecule has 2 aromatic carbocycles. The van der Waals surface area contributed by atoms with E-state index in [1.54, 1.807) is 0 Å². The van der Waals surface area contributed by atoms with E-state index in [1.165, 1.54) is 16.7 Å². The van der Waals surface area contributed by atoms with Gasteiger partial charge in [0, 0.05) is 23.2 Å². The molecule has 0 fully saturated rings. The number of pyridine rings is 1. The highest BCUT2D eigenvalue weighted by molar-refractivity contribution is 5.85. The van der Waals surface area contributed by atoms with Gasteiger partial charge in [0.25, 0.3) is 5.56 Å². The van der Waals surface area contributed by atoms with Crippen LogP contribution in [-0.2, 0) is 6.54 Å². The molecule has 118 valence electrons. The SMILES string of the molecule is Cc1ccc(C)c(NCc2cc3c(C)ccc(C)c3[nH]c2=O)c1. The molecule has 3 nitrogen and oxygen atoms in total. The summed E-state index contributed by atoms with van der Waals surface area (Å²) in [6.45, 7) is 8.75. The number of hydrogen-bond acceptors (Lipinski definition) is 2. The van der Waals surface area contributed by atoms with Gasteiger partial charge < -0.3 is 10.3 Å². The molecule has 0 aliphatic heterocycles. The predicted octanol–water partition coefficient (Wildman–Crippen LogP) is 4.37. The van der Waals surface area contributed by atoms with Gasteiger partial charge in [0.1, 0.15) is 0 Å². The summed E-state index contributed by atoms with van der Waals surface area (Å²) < 4.78 is 0. The van der Waals surface area contributed by atoms with Crippen LogP contribution in [0.25, 0.3) is 10.9 Å². The Morgan fingerprint density at radius 3 is 2.39 bits per heavy atom. The lowest BCUT2D eigenvalue weighted by molar-refractivity contribution is 1.08. The summed E-state index contributed by atoms with van der Waals surface area (Å²) >= 11 is 0. The van der Waals surface area contributed by atoms with Crippen LogP contribution in [0.1, 0.15) is 27.8 Å². The van der Waals surface area contributed by atoms with Gasteiger partial charge in [0.05, 0.1) is 5.52 Å². The van der Waals surface area contributed by atoms with Crippen molar-refractivity contribution in [3.63, 3.8) is 0 Å². The number of aryl methyl sites for hydroxylation is 4. The molecule has 0 saturated heterocycles. The smallest absolute Gasteiger partial charge is 0.253 e. The summed E-state index contributed by atoms with van der Waals surface area (Å²) in [6.07, 6.45) is 0. The summed E-state index contributed by atoms with van der Waals surface area (Å²) in [7, 11) is 0. The Morgan fingerprint density at radius 1 is 0.913 bits per heavy atom. The number of aromatic nitrogens is 1. The third-order valence-corrected chi connectivity index (χ3v) is 4.38. The zero-order chi connectivity index (χ0) is 16.6. The first-order valence-corrected chi connectivity index (χ1v) is 7.89. The number of anilines is 1. The number of fused-ring (bicyclic) bond motifs is 1. The standard InChI is InChI=1S/C20H22N2O/c1-12-5-6-14(3)18(9-12)21-11-16-10-17-13(2)7-8-15(4)19(17)22-20(16)23/h5-10,21H,11H2,1-4H3,(H,22,23). The average molecular weight is 306 g/mol. The van der Waals surface area contributed by atoms with Crippen molar-refractivity contribution in [3.05, 3.63) is 74.6 Å². The van der Waals surface area contributed by atoms with Gasteiger partial charge in [-0.25, -0.2) is 0 Å². The van der Waals surface area contributed by atoms with Crippen molar-refractivity contribution >= 4 is 16.6 Å². The molecule has 3 heteroatoms. The van der Waals surface area contributed by atoms with Gasteiger partial charge in [-0.1, -0.05) is 24.3 Å². The van der Waals surface area contributed by atoms with Gasteiger partial charge in [0.15, 0.2) is 0 Å². The fourth-order valence-electron chi connectivity index (χ4n) is 2.87. The first kappa shape index (κ1) is 15.3. The number of aromatic amines is 1. The maximum Gasteiger partial charge on any atom is 0.253 e. The van der Waals surface area contributed by atoms with Gasteiger partial charge in [-0.05, 0) is 62.1 Å². The molecule has 0 radical (unpaired) electrons. The molecular formula is C20H22N2O. The van der Waals surface area contributed by atoms with Gasteiger partial charge in [0.2, 0.25) is 0 Å². The normalized spacial score (nSPS) is 11.0. The molecule has 3 aromatic rings. The summed E-state index contributed by atoms with van der Waals surface area (Å²) in [5.74, 6) is 0. The molecule has 0 saturated carbocycles. The minimum Gasteiger partial charge on any atom is -0.381 e. The van der Waals surface area contributed by atoms with Crippen LogP contribution in [0.3, 0.4) is 0 Å². The predicted molar refractivity (Wildman–Crippen MR) is 97.3 cm³/mol. The van der Waals surface area contributed by atoms with E-state index in [-0.39, 0.29) is 5.56 Å². The number of nitrogens with one attached hydrogen (secondary N) is 2. The van der Waals surface area contributed by atoms with Crippen LogP contribution in [0.2, 0.25) is 0 Å². The van der Waals surface area contributed by atoms with Gasteiger partial charge in [-0.15, -0.1) is 0 Å². The Hall–Kier alpha value is -2.55. The summed E-state index contributed by atoms with van der Waals surface area (Å²) in [4.78, 5) is 15.4. The van der Waals surface area contributed by atoms with Crippen LogP contribution in [0.5, 0.6) is 0 Å². The van der Waals surface area contributed by atoms with E-state index in [2.05, 4.69) is 55.3 Å². The second-order valence-electron chi connectivity index (χ2n) is 6.28. The molecule has 2 N–H and O–H groups in total. The lowest BCUT2D eigenvalue weighted by atomic mass is 10.0. The van der Waals surface area contributed by atoms with Crippen molar-refractivity contribution in [2.24, 2.45) is 0 Å². The molecule has 0 spiro atoms. The lowest BCUT2D eigenvalue weighted by Gasteiger charge is -2.12. The van der Waals surface area contributed by atoms with E-state index in [1.807, 2.05) is 19.1 Å². The van der Waals surface area contributed by atoms with Crippen LogP contribution in [0.4, 0.5) is 5.69 Å². The molecule has 23 heavy (non-hydrogen) atoms. The van der Waals surface area contributed by atoms with Gasteiger partial charge in [-0.2, -0.15) is 0 Å². The zero-order valence-corrected chi connectivity index (χ0v) is 14.1. The number of H-pyrrole nitrogens is 1. The number of benzene rings is 2. The van der Waals surface area contributed by atoms with E-state index >= 15 is 0 Å². The highest BCUT2D eigenvalue weighted by Crippen LogP contribution is 2.21. The van der Waals surface area contributed by atoms with Crippen molar-refractivity contribution < 1.29 is 0 Å². The highest BCUT2D eigenvalue weighted by atomic mass is 16.1. The second-order valence-corrected chi connectivity index (χ2v) is 6.28. The van der Waals surface area contributed by atoms with Crippen molar-refractivity contribution in [2.45, 2.75) is 34.2 Å². The highest BCUT2D eigenvalue weighted by Gasteiger charge is 2.07. The first-order valence-electron chi connectivity index (χ1n) is 7.89. The topological polar surface area (TPSA) is 44.9 Å². The number of rotatable bonds is 3. The van der Waals surface area contributed by atoms with Crippen LogP contribution in [0.15, 0.2) is 41.2 Å². The number of hydrogen-bond donors (Lipinski definition) is 2. The minimum atomic E-state index is -0.0241. The molecule has 1 heterocycles. The van der Waals surface area contributed by atoms with Crippen molar-refractivity contribution in [2.75, 3.05) is 5.32 Å². The Balaban J connectivity index is 1.97. The van der Waals surface area contributed by atoms with Crippen LogP contribution in [-0.4, -0.2) is 4.98 Å². The average Bonchev–Trinajstić information content (AvgIpc) is 2.52. The maximum atomic E-state index is 12.4. The molecule has 0 bridgehead atoms.